The summed E-state index contributed by atoms with van der Waals surface area (Å²) in [5, 5.41) is 9.03. The Bertz CT molecular complexity index is 1360. The summed E-state index contributed by atoms with van der Waals surface area (Å²) < 4.78 is 6.74. The third-order valence-corrected chi connectivity index (χ3v) is 6.10. The third-order valence-electron chi connectivity index (χ3n) is 5.85. The largest absolute Gasteiger partial charge is 0.338 e. The number of nitrogens with zero attached hydrogens (tertiary/aromatic N) is 6. The van der Waals surface area contributed by atoms with Crippen molar-refractivity contribution in [3.63, 3.8) is 0 Å². The van der Waals surface area contributed by atoms with Crippen molar-refractivity contribution in [3.8, 4) is 11.4 Å². The lowest BCUT2D eigenvalue weighted by molar-refractivity contribution is 0.0607. The fourth-order valence-electron chi connectivity index (χ4n) is 3.93. The molecule has 178 valence electrons. The van der Waals surface area contributed by atoms with Crippen molar-refractivity contribution in [1.29, 1.82) is 0 Å². The molecule has 1 aliphatic rings. The Hall–Kier alpha value is -3.82. The SMILES string of the molecule is O=C(c1ccc(=O)n(Cc2ccccc2)n1)N1CCN(Cc2nc(-c3ccc(Cl)cc3)no2)CC1. The summed E-state index contributed by atoms with van der Waals surface area (Å²) in [4.78, 5) is 33.7. The fourth-order valence-corrected chi connectivity index (χ4v) is 4.06. The minimum absolute atomic E-state index is 0.186. The quantitative estimate of drug-likeness (QED) is 0.410. The van der Waals surface area contributed by atoms with Gasteiger partial charge >= 0.3 is 0 Å². The molecular formula is C25H23ClN6O3. The first-order valence-electron chi connectivity index (χ1n) is 11.3. The van der Waals surface area contributed by atoms with E-state index in [1.165, 1.54) is 16.8 Å². The Kier molecular flexibility index (Phi) is 6.69. The topological polar surface area (TPSA) is 97.4 Å². The van der Waals surface area contributed by atoms with Gasteiger partial charge in [-0.15, -0.1) is 0 Å². The molecule has 5 rings (SSSR count). The average molecular weight is 491 g/mol. The van der Waals surface area contributed by atoms with Gasteiger partial charge in [-0.25, -0.2) is 4.68 Å². The molecule has 0 saturated carbocycles. The molecule has 9 nitrogen and oxygen atoms in total. The number of aromatic nitrogens is 4. The maximum atomic E-state index is 13.0. The van der Waals surface area contributed by atoms with Crippen LogP contribution in [0.4, 0.5) is 0 Å². The second-order valence-corrected chi connectivity index (χ2v) is 8.72. The summed E-state index contributed by atoms with van der Waals surface area (Å²) in [6, 6.07) is 19.7. The molecule has 1 aliphatic heterocycles. The second-order valence-electron chi connectivity index (χ2n) is 8.29. The molecule has 0 bridgehead atoms. The number of halogens is 1. The van der Waals surface area contributed by atoms with Crippen LogP contribution in [-0.2, 0) is 13.1 Å². The van der Waals surface area contributed by atoms with Gasteiger partial charge in [0.15, 0.2) is 0 Å². The van der Waals surface area contributed by atoms with E-state index in [2.05, 4.69) is 20.1 Å². The molecule has 1 fully saturated rings. The van der Waals surface area contributed by atoms with Crippen molar-refractivity contribution in [1.82, 2.24) is 29.7 Å². The predicted molar refractivity (Wildman–Crippen MR) is 130 cm³/mol. The summed E-state index contributed by atoms with van der Waals surface area (Å²) in [5.74, 6) is 0.848. The van der Waals surface area contributed by atoms with Crippen molar-refractivity contribution < 1.29 is 9.32 Å². The highest BCUT2D eigenvalue weighted by atomic mass is 35.5. The number of rotatable bonds is 6. The van der Waals surface area contributed by atoms with E-state index in [4.69, 9.17) is 16.1 Å². The molecule has 4 aromatic rings. The van der Waals surface area contributed by atoms with E-state index in [9.17, 15) is 9.59 Å². The second kappa shape index (κ2) is 10.2. The molecule has 3 heterocycles. The highest BCUT2D eigenvalue weighted by Crippen LogP contribution is 2.19. The van der Waals surface area contributed by atoms with Crippen LogP contribution in [0.15, 0.2) is 76.0 Å². The number of hydrogen-bond acceptors (Lipinski definition) is 7. The Morgan fingerprint density at radius 3 is 2.40 bits per heavy atom. The maximum absolute atomic E-state index is 13.0. The van der Waals surface area contributed by atoms with Crippen molar-refractivity contribution in [2.45, 2.75) is 13.1 Å². The lowest BCUT2D eigenvalue weighted by atomic mass is 10.2. The number of carbonyl (C=O) groups is 1. The van der Waals surface area contributed by atoms with Crippen molar-refractivity contribution in [2.24, 2.45) is 0 Å². The van der Waals surface area contributed by atoms with Gasteiger partial charge in [0.1, 0.15) is 5.69 Å². The van der Waals surface area contributed by atoms with Gasteiger partial charge in [-0.2, -0.15) is 10.1 Å². The van der Waals surface area contributed by atoms with E-state index < -0.39 is 0 Å². The van der Waals surface area contributed by atoms with Crippen LogP contribution in [0.1, 0.15) is 21.9 Å². The molecule has 0 atom stereocenters. The molecular weight excluding hydrogens is 468 g/mol. The van der Waals surface area contributed by atoms with Crippen LogP contribution >= 0.6 is 11.6 Å². The molecule has 2 aromatic carbocycles. The first-order valence-corrected chi connectivity index (χ1v) is 11.7. The van der Waals surface area contributed by atoms with Crippen LogP contribution in [0.25, 0.3) is 11.4 Å². The number of benzene rings is 2. The van der Waals surface area contributed by atoms with Gasteiger partial charge in [-0.05, 0) is 35.9 Å². The summed E-state index contributed by atoms with van der Waals surface area (Å²) in [6.07, 6.45) is 0. The first-order chi connectivity index (χ1) is 17.0. The van der Waals surface area contributed by atoms with Crippen LogP contribution in [0.3, 0.4) is 0 Å². The molecule has 1 saturated heterocycles. The molecule has 0 radical (unpaired) electrons. The summed E-state index contributed by atoms with van der Waals surface area (Å²) >= 11 is 5.94. The summed E-state index contributed by atoms with van der Waals surface area (Å²) in [6.45, 7) is 3.22. The first kappa shape index (κ1) is 22.9. The highest BCUT2D eigenvalue weighted by molar-refractivity contribution is 6.30. The summed E-state index contributed by atoms with van der Waals surface area (Å²) in [7, 11) is 0. The van der Waals surface area contributed by atoms with Gasteiger partial charge in [0.25, 0.3) is 11.5 Å². The monoisotopic (exact) mass is 490 g/mol. The van der Waals surface area contributed by atoms with E-state index in [-0.39, 0.29) is 17.2 Å². The lowest BCUT2D eigenvalue weighted by Crippen LogP contribution is -2.48. The zero-order valence-corrected chi connectivity index (χ0v) is 19.6. The number of hydrogen-bond donors (Lipinski definition) is 0. The predicted octanol–water partition coefficient (Wildman–Crippen LogP) is 2.95. The number of carbonyl (C=O) groups excluding carboxylic acids is 1. The zero-order valence-electron chi connectivity index (χ0n) is 18.9. The fraction of sp³-hybridized carbons (Fsp3) is 0.240. The van der Waals surface area contributed by atoms with Crippen LogP contribution in [0.5, 0.6) is 0 Å². The van der Waals surface area contributed by atoms with Crippen molar-refractivity contribution in [2.75, 3.05) is 26.2 Å². The van der Waals surface area contributed by atoms with E-state index in [1.807, 2.05) is 42.5 Å². The van der Waals surface area contributed by atoms with Crippen LogP contribution in [0.2, 0.25) is 5.02 Å². The van der Waals surface area contributed by atoms with Gasteiger partial charge in [-0.1, -0.05) is 47.1 Å². The van der Waals surface area contributed by atoms with Gasteiger partial charge in [-0.3, -0.25) is 14.5 Å². The Balaban J connectivity index is 1.18. The maximum Gasteiger partial charge on any atom is 0.274 e. The molecule has 2 aromatic heterocycles. The Labute approximate surface area is 206 Å². The van der Waals surface area contributed by atoms with E-state index >= 15 is 0 Å². The van der Waals surface area contributed by atoms with Gasteiger partial charge in [0.05, 0.1) is 13.1 Å². The van der Waals surface area contributed by atoms with Crippen LogP contribution in [-0.4, -0.2) is 61.8 Å². The molecule has 0 N–H and O–H groups in total. The van der Waals surface area contributed by atoms with Gasteiger partial charge in [0.2, 0.25) is 11.7 Å². The lowest BCUT2D eigenvalue weighted by Gasteiger charge is -2.33. The molecule has 1 amide bonds. The highest BCUT2D eigenvalue weighted by Gasteiger charge is 2.25. The average Bonchev–Trinajstić information content (AvgIpc) is 3.35. The van der Waals surface area contributed by atoms with E-state index in [1.54, 1.807) is 17.0 Å². The van der Waals surface area contributed by atoms with E-state index in [0.29, 0.717) is 56.0 Å². The van der Waals surface area contributed by atoms with Crippen LogP contribution < -0.4 is 5.56 Å². The van der Waals surface area contributed by atoms with Gasteiger partial charge in [0, 0.05) is 42.8 Å². The minimum Gasteiger partial charge on any atom is -0.338 e. The number of amides is 1. The Morgan fingerprint density at radius 2 is 1.66 bits per heavy atom. The van der Waals surface area contributed by atoms with E-state index in [0.717, 1.165) is 11.1 Å². The standard InChI is InChI=1S/C25H23ClN6O3/c26-20-8-6-19(7-9-20)24-27-22(35-29-24)17-30-12-14-31(15-13-30)25(34)21-10-11-23(33)32(28-21)16-18-4-2-1-3-5-18/h1-11H,12-17H2. The number of piperazine rings is 1. The van der Waals surface area contributed by atoms with Crippen molar-refractivity contribution in [3.05, 3.63) is 99.3 Å². The minimum atomic E-state index is -0.243. The van der Waals surface area contributed by atoms with Crippen LogP contribution in [0, 0.1) is 0 Å². The smallest absolute Gasteiger partial charge is 0.274 e. The molecule has 0 spiro atoms. The third kappa shape index (κ3) is 5.47. The Morgan fingerprint density at radius 1 is 0.914 bits per heavy atom. The zero-order chi connectivity index (χ0) is 24.2. The molecule has 35 heavy (non-hydrogen) atoms. The molecule has 10 heteroatoms. The molecule has 0 unspecified atom stereocenters. The summed E-state index contributed by atoms with van der Waals surface area (Å²) in [5.41, 5.74) is 1.80. The van der Waals surface area contributed by atoms with Gasteiger partial charge < -0.3 is 9.42 Å². The molecule has 0 aliphatic carbocycles. The normalized spacial score (nSPS) is 14.3. The van der Waals surface area contributed by atoms with Crippen molar-refractivity contribution >= 4 is 17.5 Å².